The molecule has 5 aromatic rings. The summed E-state index contributed by atoms with van der Waals surface area (Å²) in [6, 6.07) is 17.5. The van der Waals surface area contributed by atoms with Gasteiger partial charge in [-0.2, -0.15) is 0 Å². The number of pyridine rings is 1. The second-order valence-electron chi connectivity index (χ2n) is 7.73. The minimum Gasteiger partial charge on any atom is -0.455 e. The first-order valence-corrected chi connectivity index (χ1v) is 9.53. The maximum atomic E-state index is 13.7. The van der Waals surface area contributed by atoms with Gasteiger partial charge in [-0.15, -0.1) is 0 Å². The van der Waals surface area contributed by atoms with E-state index in [1.54, 1.807) is 6.07 Å². The van der Waals surface area contributed by atoms with Gasteiger partial charge in [0, 0.05) is 34.0 Å². The molecule has 2 nitrogen and oxygen atoms in total. The van der Waals surface area contributed by atoms with E-state index < -0.39 is 0 Å². The van der Waals surface area contributed by atoms with E-state index in [9.17, 15) is 4.39 Å². The summed E-state index contributed by atoms with van der Waals surface area (Å²) in [5, 5.41) is 4.16. The molecule has 0 fully saturated rings. The molecule has 0 saturated carbocycles. The van der Waals surface area contributed by atoms with Gasteiger partial charge in [-0.1, -0.05) is 32.0 Å². The molecule has 138 valence electrons. The number of furan rings is 1. The largest absolute Gasteiger partial charge is 0.455 e. The van der Waals surface area contributed by atoms with Crippen LogP contribution in [0.2, 0.25) is 0 Å². The summed E-state index contributed by atoms with van der Waals surface area (Å²) in [7, 11) is 0. The summed E-state index contributed by atoms with van der Waals surface area (Å²) < 4.78 is 19.8. The van der Waals surface area contributed by atoms with Crippen LogP contribution in [0.3, 0.4) is 0 Å². The standard InChI is InChI=1S/C25H20FNO/c1-14(2)16-4-6-19-17(12-16)8-9-27-24(19)22-11-15(3)10-21-20-7-5-18(26)13-23(20)28-25(21)22/h4-14H,1-3H3. The van der Waals surface area contributed by atoms with E-state index >= 15 is 0 Å². The first-order valence-electron chi connectivity index (χ1n) is 9.53. The van der Waals surface area contributed by atoms with E-state index in [0.717, 1.165) is 43.9 Å². The Kier molecular flexibility index (Phi) is 3.73. The summed E-state index contributed by atoms with van der Waals surface area (Å²) in [5.41, 5.74) is 5.56. The smallest absolute Gasteiger partial charge is 0.144 e. The van der Waals surface area contributed by atoms with Crippen molar-refractivity contribution < 1.29 is 8.81 Å². The van der Waals surface area contributed by atoms with Gasteiger partial charge in [0.1, 0.15) is 17.0 Å². The Bertz CT molecular complexity index is 1360. The fraction of sp³-hybridized carbons (Fsp3) is 0.160. The van der Waals surface area contributed by atoms with Crippen molar-refractivity contribution in [2.24, 2.45) is 0 Å². The lowest BCUT2D eigenvalue weighted by molar-refractivity contribution is 0.618. The van der Waals surface area contributed by atoms with Gasteiger partial charge in [0.15, 0.2) is 0 Å². The van der Waals surface area contributed by atoms with Gasteiger partial charge < -0.3 is 4.42 Å². The molecule has 0 aliphatic carbocycles. The van der Waals surface area contributed by atoms with Crippen LogP contribution in [0.5, 0.6) is 0 Å². The minimum absolute atomic E-state index is 0.297. The fourth-order valence-corrected chi connectivity index (χ4v) is 3.94. The molecule has 3 heteroatoms. The van der Waals surface area contributed by atoms with E-state index in [0.29, 0.717) is 11.5 Å². The zero-order chi connectivity index (χ0) is 19.4. The lowest BCUT2D eigenvalue weighted by Crippen LogP contribution is -1.91. The molecule has 0 spiro atoms. The second-order valence-corrected chi connectivity index (χ2v) is 7.73. The lowest BCUT2D eigenvalue weighted by atomic mass is 9.96. The van der Waals surface area contributed by atoms with Crippen LogP contribution in [-0.2, 0) is 0 Å². The molecule has 0 saturated heterocycles. The van der Waals surface area contributed by atoms with Crippen molar-refractivity contribution >= 4 is 32.7 Å². The third-order valence-corrected chi connectivity index (χ3v) is 5.39. The highest BCUT2D eigenvalue weighted by atomic mass is 19.1. The fourth-order valence-electron chi connectivity index (χ4n) is 3.94. The number of hydrogen-bond donors (Lipinski definition) is 0. The maximum absolute atomic E-state index is 13.7. The zero-order valence-corrected chi connectivity index (χ0v) is 16.1. The molecule has 0 bridgehead atoms. The van der Waals surface area contributed by atoms with Crippen molar-refractivity contribution in [2.45, 2.75) is 26.7 Å². The number of aryl methyl sites for hydroxylation is 1. The van der Waals surface area contributed by atoms with Crippen LogP contribution >= 0.6 is 0 Å². The maximum Gasteiger partial charge on any atom is 0.144 e. The predicted molar refractivity (Wildman–Crippen MR) is 113 cm³/mol. The summed E-state index contributed by atoms with van der Waals surface area (Å²) in [5.74, 6) is 0.172. The molecule has 0 unspecified atom stereocenters. The quantitative estimate of drug-likeness (QED) is 0.324. The number of benzene rings is 3. The number of hydrogen-bond acceptors (Lipinski definition) is 2. The van der Waals surface area contributed by atoms with Gasteiger partial charge in [-0.3, -0.25) is 4.98 Å². The molecular formula is C25H20FNO. The molecular weight excluding hydrogens is 349 g/mol. The van der Waals surface area contributed by atoms with Gasteiger partial charge in [0.25, 0.3) is 0 Å². The summed E-state index contributed by atoms with van der Waals surface area (Å²) in [6.45, 7) is 6.45. The molecule has 3 aromatic carbocycles. The highest BCUT2D eigenvalue weighted by Gasteiger charge is 2.16. The molecule has 28 heavy (non-hydrogen) atoms. The van der Waals surface area contributed by atoms with E-state index in [1.807, 2.05) is 12.3 Å². The summed E-state index contributed by atoms with van der Waals surface area (Å²) >= 11 is 0. The summed E-state index contributed by atoms with van der Waals surface area (Å²) in [4.78, 5) is 4.70. The van der Waals surface area contributed by atoms with E-state index in [4.69, 9.17) is 9.40 Å². The first kappa shape index (κ1) is 16.9. The van der Waals surface area contributed by atoms with Crippen molar-refractivity contribution in [3.8, 4) is 11.3 Å². The molecule has 0 N–H and O–H groups in total. The van der Waals surface area contributed by atoms with Crippen LogP contribution in [0.15, 0.2) is 65.2 Å². The molecule has 0 radical (unpaired) electrons. The Morgan fingerprint density at radius 2 is 1.71 bits per heavy atom. The van der Waals surface area contributed by atoms with Crippen LogP contribution in [0.4, 0.5) is 4.39 Å². The number of nitrogens with zero attached hydrogens (tertiary/aromatic N) is 1. The Labute approximate surface area is 162 Å². The van der Waals surface area contributed by atoms with E-state index in [-0.39, 0.29) is 5.82 Å². The Morgan fingerprint density at radius 1 is 0.893 bits per heavy atom. The number of aromatic nitrogens is 1. The van der Waals surface area contributed by atoms with Gasteiger partial charge >= 0.3 is 0 Å². The van der Waals surface area contributed by atoms with Crippen molar-refractivity contribution in [3.05, 3.63) is 77.7 Å². The van der Waals surface area contributed by atoms with E-state index in [2.05, 4.69) is 51.1 Å². The van der Waals surface area contributed by atoms with Crippen LogP contribution < -0.4 is 0 Å². The zero-order valence-electron chi connectivity index (χ0n) is 16.1. The van der Waals surface area contributed by atoms with Crippen molar-refractivity contribution in [1.29, 1.82) is 0 Å². The van der Waals surface area contributed by atoms with Crippen molar-refractivity contribution in [1.82, 2.24) is 4.98 Å². The average Bonchev–Trinajstić information content (AvgIpc) is 3.03. The van der Waals surface area contributed by atoms with Crippen LogP contribution in [-0.4, -0.2) is 4.98 Å². The monoisotopic (exact) mass is 369 g/mol. The minimum atomic E-state index is -0.297. The topological polar surface area (TPSA) is 26.0 Å². The normalized spacial score (nSPS) is 11.9. The molecule has 0 aliphatic heterocycles. The Balaban J connectivity index is 1.85. The SMILES string of the molecule is Cc1cc(-c2nccc3cc(C(C)C)ccc23)c2oc3cc(F)ccc3c2c1. The summed E-state index contributed by atoms with van der Waals surface area (Å²) in [6.07, 6.45) is 1.85. The molecule has 0 atom stereocenters. The predicted octanol–water partition coefficient (Wildman–Crippen LogP) is 7.37. The van der Waals surface area contributed by atoms with Crippen molar-refractivity contribution in [2.75, 3.05) is 0 Å². The van der Waals surface area contributed by atoms with Gasteiger partial charge in [0.05, 0.1) is 5.69 Å². The number of halogens is 1. The second kappa shape index (κ2) is 6.16. The lowest BCUT2D eigenvalue weighted by Gasteiger charge is -2.11. The third-order valence-electron chi connectivity index (χ3n) is 5.39. The molecule has 0 aliphatic rings. The molecule has 0 amide bonds. The van der Waals surface area contributed by atoms with Gasteiger partial charge in [-0.05, 0) is 59.7 Å². The van der Waals surface area contributed by atoms with Gasteiger partial charge in [-0.25, -0.2) is 4.39 Å². The Morgan fingerprint density at radius 3 is 2.54 bits per heavy atom. The number of rotatable bonds is 2. The third kappa shape index (κ3) is 2.58. The van der Waals surface area contributed by atoms with Crippen molar-refractivity contribution in [3.63, 3.8) is 0 Å². The Hall–Kier alpha value is -3.20. The molecule has 5 rings (SSSR count). The van der Waals surface area contributed by atoms with Crippen LogP contribution in [0.25, 0.3) is 44.0 Å². The van der Waals surface area contributed by atoms with Crippen LogP contribution in [0.1, 0.15) is 30.9 Å². The highest BCUT2D eigenvalue weighted by molar-refractivity contribution is 6.11. The molecule has 2 aromatic heterocycles. The highest BCUT2D eigenvalue weighted by Crippen LogP contribution is 2.38. The molecule has 2 heterocycles. The van der Waals surface area contributed by atoms with E-state index in [1.165, 1.54) is 17.7 Å². The first-order chi connectivity index (χ1) is 13.5. The number of fused-ring (bicyclic) bond motifs is 4. The van der Waals surface area contributed by atoms with Crippen LogP contribution in [0, 0.1) is 12.7 Å². The average molecular weight is 369 g/mol. The van der Waals surface area contributed by atoms with Gasteiger partial charge in [0.2, 0.25) is 0 Å².